The van der Waals surface area contributed by atoms with Crippen molar-refractivity contribution in [2.75, 3.05) is 18.0 Å². The van der Waals surface area contributed by atoms with Gasteiger partial charge in [0, 0.05) is 18.7 Å². The summed E-state index contributed by atoms with van der Waals surface area (Å²) < 4.78 is 5.34. The van der Waals surface area contributed by atoms with Crippen molar-refractivity contribution in [3.8, 4) is 0 Å². The van der Waals surface area contributed by atoms with Crippen molar-refractivity contribution in [1.82, 2.24) is 5.32 Å². The number of para-hydroxylation sites is 1. The van der Waals surface area contributed by atoms with Gasteiger partial charge in [0.15, 0.2) is 0 Å². The van der Waals surface area contributed by atoms with Gasteiger partial charge in [0.1, 0.15) is 6.10 Å². The SMILES string of the molecule is O=C(NCCC1CN(c2ccccc2)C(=O)O1)c1cccs1. The molecule has 1 aromatic carbocycles. The van der Waals surface area contributed by atoms with Crippen LogP contribution in [0.15, 0.2) is 47.8 Å². The first-order valence-electron chi connectivity index (χ1n) is 7.09. The van der Waals surface area contributed by atoms with Gasteiger partial charge in [0.2, 0.25) is 0 Å². The lowest BCUT2D eigenvalue weighted by Crippen LogP contribution is -2.28. The summed E-state index contributed by atoms with van der Waals surface area (Å²) >= 11 is 1.41. The Bertz CT molecular complexity index is 643. The van der Waals surface area contributed by atoms with E-state index in [0.717, 1.165) is 5.69 Å². The van der Waals surface area contributed by atoms with Gasteiger partial charge in [-0.1, -0.05) is 24.3 Å². The van der Waals surface area contributed by atoms with Crippen molar-refractivity contribution < 1.29 is 14.3 Å². The molecule has 0 radical (unpaired) electrons. The van der Waals surface area contributed by atoms with E-state index >= 15 is 0 Å². The second-order valence-electron chi connectivity index (χ2n) is 4.97. The number of ether oxygens (including phenoxy) is 1. The minimum atomic E-state index is -0.333. The van der Waals surface area contributed by atoms with Crippen LogP contribution in [-0.2, 0) is 4.74 Å². The van der Waals surface area contributed by atoms with Crippen LogP contribution >= 0.6 is 11.3 Å². The molecule has 1 atom stereocenters. The van der Waals surface area contributed by atoms with Gasteiger partial charge in [0.25, 0.3) is 5.91 Å². The maximum atomic E-state index is 11.9. The Morgan fingerprint density at radius 3 is 2.82 bits per heavy atom. The van der Waals surface area contributed by atoms with Gasteiger partial charge in [-0.3, -0.25) is 9.69 Å². The standard InChI is InChI=1S/C16H16N2O3S/c19-15(14-7-4-10-22-14)17-9-8-13-11-18(16(20)21-13)12-5-2-1-3-6-12/h1-7,10,13H,8-9,11H2,(H,17,19). The molecule has 114 valence electrons. The Kier molecular flexibility index (Phi) is 4.39. The maximum Gasteiger partial charge on any atom is 0.414 e. The molecule has 2 heterocycles. The number of cyclic esters (lactones) is 1. The summed E-state index contributed by atoms with van der Waals surface area (Å²) in [4.78, 5) is 26.0. The van der Waals surface area contributed by atoms with Gasteiger partial charge in [0.05, 0.1) is 11.4 Å². The molecular formula is C16H16N2O3S. The minimum Gasteiger partial charge on any atom is -0.444 e. The van der Waals surface area contributed by atoms with Crippen LogP contribution in [0.25, 0.3) is 0 Å². The molecule has 0 bridgehead atoms. The molecule has 6 heteroatoms. The van der Waals surface area contributed by atoms with Crippen LogP contribution in [0.2, 0.25) is 0 Å². The predicted molar refractivity (Wildman–Crippen MR) is 85.3 cm³/mol. The monoisotopic (exact) mass is 316 g/mol. The number of amides is 2. The minimum absolute atomic E-state index is 0.0840. The van der Waals surface area contributed by atoms with Crippen molar-refractivity contribution in [2.45, 2.75) is 12.5 Å². The molecule has 1 aliphatic heterocycles. The summed E-state index contributed by atoms with van der Waals surface area (Å²) in [6.07, 6.45) is 0.0729. The number of rotatable bonds is 5. The van der Waals surface area contributed by atoms with Crippen LogP contribution in [0, 0.1) is 0 Å². The van der Waals surface area contributed by atoms with Gasteiger partial charge in [-0.05, 0) is 23.6 Å². The zero-order chi connectivity index (χ0) is 15.4. The molecule has 0 saturated carbocycles. The molecule has 1 aliphatic rings. The number of anilines is 1. The molecule has 5 nitrogen and oxygen atoms in total. The average molecular weight is 316 g/mol. The van der Waals surface area contributed by atoms with E-state index in [1.807, 2.05) is 41.8 Å². The van der Waals surface area contributed by atoms with Crippen LogP contribution in [0.3, 0.4) is 0 Å². The van der Waals surface area contributed by atoms with E-state index in [9.17, 15) is 9.59 Å². The number of nitrogens with one attached hydrogen (secondary N) is 1. The number of hydrogen-bond donors (Lipinski definition) is 1. The second-order valence-corrected chi connectivity index (χ2v) is 5.92. The topological polar surface area (TPSA) is 58.6 Å². The van der Waals surface area contributed by atoms with Crippen LogP contribution in [-0.4, -0.2) is 31.2 Å². The third-order valence-electron chi connectivity index (χ3n) is 3.44. The second kappa shape index (κ2) is 6.62. The van der Waals surface area contributed by atoms with Crippen LogP contribution < -0.4 is 10.2 Å². The summed E-state index contributed by atoms with van der Waals surface area (Å²) in [6.45, 7) is 0.995. The molecule has 3 rings (SSSR count). The van der Waals surface area contributed by atoms with Crippen molar-refractivity contribution in [1.29, 1.82) is 0 Å². The van der Waals surface area contributed by atoms with E-state index in [4.69, 9.17) is 4.74 Å². The summed E-state index contributed by atoms with van der Waals surface area (Å²) in [7, 11) is 0. The lowest BCUT2D eigenvalue weighted by Gasteiger charge is -2.12. The Hall–Kier alpha value is -2.34. The zero-order valence-corrected chi connectivity index (χ0v) is 12.7. The lowest BCUT2D eigenvalue weighted by molar-refractivity contribution is 0.0948. The fraction of sp³-hybridized carbons (Fsp3) is 0.250. The molecule has 0 spiro atoms. The van der Waals surface area contributed by atoms with Gasteiger partial charge >= 0.3 is 6.09 Å². The zero-order valence-electron chi connectivity index (χ0n) is 11.9. The van der Waals surface area contributed by atoms with E-state index in [1.54, 1.807) is 11.0 Å². The highest BCUT2D eigenvalue weighted by atomic mass is 32.1. The first-order valence-corrected chi connectivity index (χ1v) is 7.97. The van der Waals surface area contributed by atoms with E-state index in [1.165, 1.54) is 11.3 Å². The quantitative estimate of drug-likeness (QED) is 0.923. The molecule has 1 N–H and O–H groups in total. The van der Waals surface area contributed by atoms with Crippen molar-refractivity contribution >= 4 is 29.0 Å². The number of thiophene rings is 1. The lowest BCUT2D eigenvalue weighted by atomic mass is 10.2. The van der Waals surface area contributed by atoms with E-state index in [2.05, 4.69) is 5.32 Å². The van der Waals surface area contributed by atoms with Crippen LogP contribution in [0.4, 0.5) is 10.5 Å². The largest absolute Gasteiger partial charge is 0.444 e. The van der Waals surface area contributed by atoms with Crippen molar-refractivity contribution in [3.63, 3.8) is 0 Å². The first-order chi connectivity index (χ1) is 10.7. The van der Waals surface area contributed by atoms with Gasteiger partial charge in [-0.25, -0.2) is 4.79 Å². The summed E-state index contributed by atoms with van der Waals surface area (Å²) in [5.74, 6) is -0.0840. The Morgan fingerprint density at radius 1 is 1.27 bits per heavy atom. The summed E-state index contributed by atoms with van der Waals surface area (Å²) in [5, 5.41) is 4.71. The number of carbonyl (C=O) groups excluding carboxylic acids is 2. The number of hydrogen-bond acceptors (Lipinski definition) is 4. The number of nitrogens with zero attached hydrogens (tertiary/aromatic N) is 1. The molecule has 1 saturated heterocycles. The van der Waals surface area contributed by atoms with Gasteiger partial charge in [-0.15, -0.1) is 11.3 Å². The maximum absolute atomic E-state index is 11.9. The summed E-state index contributed by atoms with van der Waals surface area (Å²) in [5.41, 5.74) is 0.831. The van der Waals surface area contributed by atoms with E-state index in [-0.39, 0.29) is 18.1 Å². The van der Waals surface area contributed by atoms with Crippen molar-refractivity contribution in [2.24, 2.45) is 0 Å². The first kappa shape index (κ1) is 14.6. The van der Waals surface area contributed by atoms with Crippen molar-refractivity contribution in [3.05, 3.63) is 52.7 Å². The van der Waals surface area contributed by atoms with Crippen LogP contribution in [0.5, 0.6) is 0 Å². The van der Waals surface area contributed by atoms with Gasteiger partial charge in [-0.2, -0.15) is 0 Å². The Balaban J connectivity index is 1.49. The molecule has 0 aliphatic carbocycles. The van der Waals surface area contributed by atoms with Gasteiger partial charge < -0.3 is 10.1 Å². The molecule has 2 amide bonds. The fourth-order valence-electron chi connectivity index (χ4n) is 2.33. The van der Waals surface area contributed by atoms with E-state index < -0.39 is 0 Å². The normalized spacial score (nSPS) is 17.4. The molecule has 1 aromatic heterocycles. The number of benzene rings is 1. The molecule has 2 aromatic rings. The summed E-state index contributed by atoms with van der Waals surface area (Å²) in [6, 6.07) is 13.1. The Morgan fingerprint density at radius 2 is 2.09 bits per heavy atom. The van der Waals surface area contributed by atoms with Crippen LogP contribution in [0.1, 0.15) is 16.1 Å². The average Bonchev–Trinajstić information content (AvgIpc) is 3.18. The third kappa shape index (κ3) is 3.28. The molecule has 1 unspecified atom stereocenters. The predicted octanol–water partition coefficient (Wildman–Crippen LogP) is 2.89. The third-order valence-corrected chi connectivity index (χ3v) is 4.31. The molecule has 1 fully saturated rings. The highest BCUT2D eigenvalue weighted by Gasteiger charge is 2.31. The molecular weight excluding hydrogens is 300 g/mol. The smallest absolute Gasteiger partial charge is 0.414 e. The van der Waals surface area contributed by atoms with E-state index in [0.29, 0.717) is 24.4 Å². The Labute approximate surface area is 132 Å². The highest BCUT2D eigenvalue weighted by molar-refractivity contribution is 7.12. The fourth-order valence-corrected chi connectivity index (χ4v) is 2.97. The molecule has 22 heavy (non-hydrogen) atoms. The number of carbonyl (C=O) groups is 2. The highest BCUT2D eigenvalue weighted by Crippen LogP contribution is 2.22.